The third kappa shape index (κ3) is 5.66. The molecule has 1 amide bonds. The van der Waals surface area contributed by atoms with E-state index >= 15 is 0 Å². The molecule has 9 nitrogen and oxygen atoms in total. The average Bonchev–Trinajstić information content (AvgIpc) is 3.13. The standard InChI is InChI=1S/C23H27FN4O5S/c1-15-12-16(2)28(26-15)11-7-10-25-23(29)18-13-17(14-21(32-3)22(18)33-4)34(30,31)27-20-9-6-5-8-19(20)24/h5-6,8-9,12-14,27H,7,10-11H2,1-4H3,(H,25,29). The number of halogens is 1. The zero-order valence-electron chi connectivity index (χ0n) is 19.4. The van der Waals surface area contributed by atoms with Crippen LogP contribution in [-0.2, 0) is 16.6 Å². The van der Waals surface area contributed by atoms with Gasteiger partial charge in [0.15, 0.2) is 11.5 Å². The monoisotopic (exact) mass is 490 g/mol. The number of amides is 1. The first-order valence-electron chi connectivity index (χ1n) is 10.5. The van der Waals surface area contributed by atoms with Crippen molar-refractivity contribution in [1.82, 2.24) is 15.1 Å². The third-order valence-electron chi connectivity index (χ3n) is 5.06. The summed E-state index contributed by atoms with van der Waals surface area (Å²) in [4.78, 5) is 12.6. The molecule has 0 unspecified atom stereocenters. The molecule has 0 aliphatic carbocycles. The lowest BCUT2D eigenvalue weighted by Crippen LogP contribution is -2.26. The van der Waals surface area contributed by atoms with Crippen molar-refractivity contribution >= 4 is 21.6 Å². The van der Waals surface area contributed by atoms with E-state index in [1.54, 1.807) is 0 Å². The Labute approximate surface area is 197 Å². The van der Waals surface area contributed by atoms with Gasteiger partial charge in [0.2, 0.25) is 0 Å². The zero-order valence-corrected chi connectivity index (χ0v) is 20.2. The van der Waals surface area contributed by atoms with Crippen molar-refractivity contribution in [2.24, 2.45) is 0 Å². The average molecular weight is 491 g/mol. The smallest absolute Gasteiger partial charge is 0.262 e. The second kappa shape index (κ2) is 10.6. The number of carbonyl (C=O) groups is 1. The fourth-order valence-corrected chi connectivity index (χ4v) is 4.55. The second-order valence-corrected chi connectivity index (χ2v) is 9.23. The first kappa shape index (κ1) is 25.0. The van der Waals surface area contributed by atoms with Gasteiger partial charge in [-0.1, -0.05) is 12.1 Å². The van der Waals surface area contributed by atoms with E-state index in [2.05, 4.69) is 15.1 Å². The Kier molecular flexibility index (Phi) is 7.77. The first-order chi connectivity index (χ1) is 16.2. The lowest BCUT2D eigenvalue weighted by atomic mass is 10.1. The molecule has 1 aromatic heterocycles. The second-order valence-electron chi connectivity index (χ2n) is 7.55. The van der Waals surface area contributed by atoms with Gasteiger partial charge in [-0.05, 0) is 44.5 Å². The molecule has 0 aliphatic heterocycles. The number of para-hydroxylation sites is 1. The molecule has 1 heterocycles. The summed E-state index contributed by atoms with van der Waals surface area (Å²) < 4.78 is 54.5. The van der Waals surface area contributed by atoms with Crippen LogP contribution in [0.4, 0.5) is 10.1 Å². The number of aryl methyl sites for hydroxylation is 3. The molecule has 0 atom stereocenters. The number of hydrogen-bond donors (Lipinski definition) is 2. The predicted molar refractivity (Wildman–Crippen MR) is 125 cm³/mol. The van der Waals surface area contributed by atoms with E-state index in [-0.39, 0.29) is 27.6 Å². The van der Waals surface area contributed by atoms with Crippen molar-refractivity contribution in [2.75, 3.05) is 25.5 Å². The van der Waals surface area contributed by atoms with Gasteiger partial charge in [0, 0.05) is 24.8 Å². The first-order valence-corrected chi connectivity index (χ1v) is 12.0. The van der Waals surface area contributed by atoms with Crippen molar-refractivity contribution in [2.45, 2.75) is 31.7 Å². The van der Waals surface area contributed by atoms with Crippen LogP contribution in [0.1, 0.15) is 28.2 Å². The molecule has 2 aromatic carbocycles. The minimum absolute atomic E-state index is 0.0260. The maximum atomic E-state index is 14.0. The van der Waals surface area contributed by atoms with Gasteiger partial charge in [-0.2, -0.15) is 5.10 Å². The van der Waals surface area contributed by atoms with Crippen LogP contribution in [0.5, 0.6) is 11.5 Å². The van der Waals surface area contributed by atoms with Crippen LogP contribution in [0.15, 0.2) is 47.4 Å². The molecule has 0 saturated heterocycles. The summed E-state index contributed by atoms with van der Waals surface area (Å²) in [6, 6.07) is 9.72. The molecule has 3 rings (SSSR count). The number of rotatable bonds is 10. The number of methoxy groups -OCH3 is 2. The van der Waals surface area contributed by atoms with Crippen LogP contribution in [-0.4, -0.2) is 44.9 Å². The van der Waals surface area contributed by atoms with Crippen LogP contribution < -0.4 is 19.5 Å². The van der Waals surface area contributed by atoms with Gasteiger partial charge in [0.1, 0.15) is 5.82 Å². The fraction of sp³-hybridized carbons (Fsp3) is 0.304. The molecule has 2 N–H and O–H groups in total. The summed E-state index contributed by atoms with van der Waals surface area (Å²) >= 11 is 0. The molecular formula is C23H27FN4O5S. The molecule has 0 bridgehead atoms. The van der Waals surface area contributed by atoms with Gasteiger partial charge in [-0.3, -0.25) is 14.2 Å². The number of carbonyl (C=O) groups excluding carboxylic acids is 1. The summed E-state index contributed by atoms with van der Waals surface area (Å²) in [5, 5.41) is 7.15. The van der Waals surface area contributed by atoms with Gasteiger partial charge in [0.25, 0.3) is 15.9 Å². The molecule has 0 saturated carbocycles. The maximum Gasteiger partial charge on any atom is 0.262 e. The quantitative estimate of drug-likeness (QED) is 0.422. The highest BCUT2D eigenvalue weighted by Gasteiger charge is 2.24. The molecule has 11 heteroatoms. The zero-order chi connectivity index (χ0) is 24.9. The Morgan fingerprint density at radius 2 is 1.85 bits per heavy atom. The van der Waals surface area contributed by atoms with Gasteiger partial charge >= 0.3 is 0 Å². The Hall–Kier alpha value is -3.60. The number of sulfonamides is 1. The molecule has 0 fully saturated rings. The summed E-state index contributed by atoms with van der Waals surface area (Å²) in [6.07, 6.45) is 0.611. The summed E-state index contributed by atoms with van der Waals surface area (Å²) in [7, 11) is -1.55. The molecule has 0 aliphatic rings. The van der Waals surface area contributed by atoms with Gasteiger partial charge in [0.05, 0.1) is 36.1 Å². The van der Waals surface area contributed by atoms with Crippen molar-refractivity contribution in [1.29, 1.82) is 0 Å². The molecule has 3 aromatic rings. The van der Waals surface area contributed by atoms with E-state index in [1.807, 2.05) is 24.6 Å². The number of nitrogens with one attached hydrogen (secondary N) is 2. The minimum Gasteiger partial charge on any atom is -0.493 e. The molecule has 0 spiro atoms. The minimum atomic E-state index is -4.23. The van der Waals surface area contributed by atoms with E-state index in [4.69, 9.17) is 9.47 Å². The summed E-state index contributed by atoms with van der Waals surface area (Å²) in [5.74, 6) is -1.13. The van der Waals surface area contributed by atoms with Gasteiger partial charge in [-0.25, -0.2) is 12.8 Å². The number of ether oxygens (including phenoxy) is 2. The van der Waals surface area contributed by atoms with E-state index in [9.17, 15) is 17.6 Å². The van der Waals surface area contributed by atoms with Crippen molar-refractivity contribution in [3.63, 3.8) is 0 Å². The number of anilines is 1. The SMILES string of the molecule is COc1cc(S(=O)(=O)Nc2ccccc2F)cc(C(=O)NCCCn2nc(C)cc2C)c1OC. The van der Waals surface area contributed by atoms with Crippen LogP contribution in [0.3, 0.4) is 0 Å². The highest BCUT2D eigenvalue weighted by Crippen LogP contribution is 2.35. The third-order valence-corrected chi connectivity index (χ3v) is 6.41. The molecular weight excluding hydrogens is 463 g/mol. The number of nitrogens with zero attached hydrogens (tertiary/aromatic N) is 2. The molecule has 0 radical (unpaired) electrons. The highest BCUT2D eigenvalue weighted by molar-refractivity contribution is 7.92. The lowest BCUT2D eigenvalue weighted by Gasteiger charge is -2.16. The van der Waals surface area contributed by atoms with Crippen LogP contribution >= 0.6 is 0 Å². The Bertz CT molecular complexity index is 1290. The summed E-state index contributed by atoms with van der Waals surface area (Å²) in [6.45, 7) is 4.80. The summed E-state index contributed by atoms with van der Waals surface area (Å²) in [5.41, 5.74) is 1.70. The van der Waals surface area contributed by atoms with E-state index in [0.717, 1.165) is 17.5 Å². The topological polar surface area (TPSA) is 112 Å². The normalized spacial score (nSPS) is 11.2. The predicted octanol–water partition coefficient (Wildman–Crippen LogP) is 3.28. The van der Waals surface area contributed by atoms with Gasteiger partial charge in [-0.15, -0.1) is 0 Å². The number of benzene rings is 2. The number of hydrogen-bond acceptors (Lipinski definition) is 6. The van der Waals surface area contributed by atoms with Crippen molar-refractivity contribution < 1.29 is 27.1 Å². The van der Waals surface area contributed by atoms with Crippen LogP contribution in [0.25, 0.3) is 0 Å². The molecule has 34 heavy (non-hydrogen) atoms. The molecule has 182 valence electrons. The van der Waals surface area contributed by atoms with E-state index < -0.39 is 21.7 Å². The Morgan fingerprint density at radius 1 is 1.12 bits per heavy atom. The Morgan fingerprint density at radius 3 is 2.47 bits per heavy atom. The largest absolute Gasteiger partial charge is 0.493 e. The number of aromatic nitrogens is 2. The maximum absolute atomic E-state index is 14.0. The van der Waals surface area contributed by atoms with Gasteiger partial charge < -0.3 is 14.8 Å². The van der Waals surface area contributed by atoms with Crippen LogP contribution in [0, 0.1) is 19.7 Å². The lowest BCUT2D eigenvalue weighted by molar-refractivity contribution is 0.0948. The van der Waals surface area contributed by atoms with Crippen molar-refractivity contribution in [3.8, 4) is 11.5 Å². The fourth-order valence-electron chi connectivity index (χ4n) is 3.44. The van der Waals surface area contributed by atoms with E-state index in [1.165, 1.54) is 44.6 Å². The Balaban J connectivity index is 1.81. The van der Waals surface area contributed by atoms with E-state index in [0.29, 0.717) is 19.5 Å². The van der Waals surface area contributed by atoms with Crippen molar-refractivity contribution in [3.05, 3.63) is 65.2 Å². The van der Waals surface area contributed by atoms with Crippen LogP contribution in [0.2, 0.25) is 0 Å². The highest BCUT2D eigenvalue weighted by atomic mass is 32.2.